The van der Waals surface area contributed by atoms with Gasteiger partial charge in [0.05, 0.1) is 12.1 Å². The van der Waals surface area contributed by atoms with Crippen LogP contribution in [0.3, 0.4) is 0 Å². The van der Waals surface area contributed by atoms with E-state index in [1.165, 1.54) is 0 Å². The molecule has 5 nitrogen and oxygen atoms in total. The van der Waals surface area contributed by atoms with Crippen molar-refractivity contribution >= 4 is 17.3 Å². The maximum Gasteiger partial charge on any atom is 0.168 e. The van der Waals surface area contributed by atoms with Crippen LogP contribution in [0, 0.1) is 0 Å². The van der Waals surface area contributed by atoms with Gasteiger partial charge in [-0.05, 0) is 19.1 Å². The van der Waals surface area contributed by atoms with E-state index in [4.69, 9.17) is 17.0 Å². The maximum absolute atomic E-state index is 12.5. The van der Waals surface area contributed by atoms with E-state index in [-0.39, 0.29) is 0 Å². The molecule has 3 N–H and O–H groups in total. The molecule has 0 aromatic carbocycles. The summed E-state index contributed by atoms with van der Waals surface area (Å²) in [5, 5.41) is 22.9. The van der Waals surface area contributed by atoms with Crippen molar-refractivity contribution in [1.82, 2.24) is 10.2 Å². The van der Waals surface area contributed by atoms with Gasteiger partial charge in [-0.1, -0.05) is 0 Å². The van der Waals surface area contributed by atoms with Crippen LogP contribution in [0.5, 0.6) is 0 Å². The number of rotatable bonds is 2. The van der Waals surface area contributed by atoms with Crippen LogP contribution in [0.4, 0.5) is 4.39 Å². The third-order valence-corrected chi connectivity index (χ3v) is 3.33. The van der Waals surface area contributed by atoms with Gasteiger partial charge in [-0.25, -0.2) is 4.39 Å². The first-order valence-electron chi connectivity index (χ1n) is 5.43. The molecule has 0 aromatic heterocycles. The summed E-state index contributed by atoms with van der Waals surface area (Å²) in [6.07, 6.45) is -3.78. The van der Waals surface area contributed by atoms with Crippen molar-refractivity contribution in [1.29, 1.82) is 0 Å². The zero-order chi connectivity index (χ0) is 13.2. The van der Waals surface area contributed by atoms with Crippen LogP contribution < -0.4 is 5.32 Å². The lowest BCUT2D eigenvalue weighted by Crippen LogP contribution is -2.63. The molecule has 0 radical (unpaired) electrons. The van der Waals surface area contributed by atoms with E-state index in [9.17, 15) is 14.6 Å². The SMILES string of the molecule is CC1OC(CF)C(O)C(O)C1NC(=S)N(C)C. The highest BCUT2D eigenvalue weighted by Crippen LogP contribution is 2.21. The number of hydrogen-bond donors (Lipinski definition) is 3. The predicted octanol–water partition coefficient (Wildman–Crippen LogP) is -0.730. The minimum Gasteiger partial charge on any atom is -0.388 e. The number of nitrogens with zero attached hydrogens (tertiary/aromatic N) is 1. The average Bonchev–Trinajstić information content (AvgIpc) is 2.28. The summed E-state index contributed by atoms with van der Waals surface area (Å²) in [6.45, 7) is 0.876. The molecule has 1 saturated heterocycles. The molecule has 5 atom stereocenters. The number of aliphatic hydroxyl groups is 2. The van der Waals surface area contributed by atoms with Crippen LogP contribution in [-0.2, 0) is 4.74 Å². The van der Waals surface area contributed by atoms with Crippen molar-refractivity contribution in [2.75, 3.05) is 20.8 Å². The van der Waals surface area contributed by atoms with E-state index in [0.717, 1.165) is 0 Å². The summed E-state index contributed by atoms with van der Waals surface area (Å²) in [5.41, 5.74) is 0. The van der Waals surface area contributed by atoms with Crippen LogP contribution in [0.25, 0.3) is 0 Å². The fraction of sp³-hybridized carbons (Fsp3) is 0.900. The Morgan fingerprint density at radius 1 is 1.41 bits per heavy atom. The Bertz CT molecular complexity index is 280. The second-order valence-electron chi connectivity index (χ2n) is 4.38. The lowest BCUT2D eigenvalue weighted by Gasteiger charge is -2.42. The fourth-order valence-electron chi connectivity index (χ4n) is 1.75. The van der Waals surface area contributed by atoms with Crippen molar-refractivity contribution in [3.05, 3.63) is 0 Å². The molecular formula is C10H19FN2O3S. The topological polar surface area (TPSA) is 65.0 Å². The van der Waals surface area contributed by atoms with Crippen molar-refractivity contribution in [2.45, 2.75) is 37.4 Å². The van der Waals surface area contributed by atoms with Crippen molar-refractivity contribution in [3.8, 4) is 0 Å². The molecule has 1 heterocycles. The van der Waals surface area contributed by atoms with E-state index in [0.29, 0.717) is 5.11 Å². The third kappa shape index (κ3) is 3.25. The molecule has 0 bridgehead atoms. The van der Waals surface area contributed by atoms with Gasteiger partial charge in [0.1, 0.15) is 25.0 Å². The van der Waals surface area contributed by atoms with Gasteiger partial charge >= 0.3 is 0 Å². The summed E-state index contributed by atoms with van der Waals surface area (Å²) < 4.78 is 17.8. The molecular weight excluding hydrogens is 247 g/mol. The molecule has 0 saturated carbocycles. The normalized spacial score (nSPS) is 37.6. The number of thiocarbonyl (C=S) groups is 1. The molecule has 1 aliphatic rings. The van der Waals surface area contributed by atoms with E-state index in [1.807, 2.05) is 0 Å². The standard InChI is InChI=1S/C10H19FN2O3S/c1-5-7(12-10(17)13(2)3)9(15)8(14)6(4-11)16-5/h5-9,14-15H,4H2,1-3H3,(H,12,17). The molecule has 1 fully saturated rings. The zero-order valence-corrected chi connectivity index (χ0v) is 10.9. The summed E-state index contributed by atoms with van der Waals surface area (Å²) in [5.74, 6) is 0. The van der Waals surface area contributed by atoms with Gasteiger partial charge in [0.25, 0.3) is 0 Å². The Hall–Kier alpha value is -0.500. The quantitative estimate of drug-likeness (QED) is 0.573. The molecule has 0 aliphatic carbocycles. The van der Waals surface area contributed by atoms with Gasteiger partial charge < -0.3 is 25.2 Å². The second kappa shape index (κ2) is 5.90. The summed E-state index contributed by atoms with van der Waals surface area (Å²) in [7, 11) is 3.52. The van der Waals surface area contributed by atoms with Crippen LogP contribution in [0.2, 0.25) is 0 Å². The molecule has 17 heavy (non-hydrogen) atoms. The molecule has 1 aliphatic heterocycles. The minimum absolute atomic E-state index is 0.426. The van der Waals surface area contributed by atoms with Gasteiger partial charge in [0.15, 0.2) is 5.11 Å². The second-order valence-corrected chi connectivity index (χ2v) is 4.77. The first-order chi connectivity index (χ1) is 7.88. The maximum atomic E-state index is 12.5. The Balaban J connectivity index is 2.69. The van der Waals surface area contributed by atoms with E-state index >= 15 is 0 Å². The number of alkyl halides is 1. The Morgan fingerprint density at radius 3 is 2.47 bits per heavy atom. The van der Waals surface area contributed by atoms with Gasteiger partial charge in [-0.3, -0.25) is 0 Å². The highest BCUT2D eigenvalue weighted by molar-refractivity contribution is 7.80. The number of hydrogen-bond acceptors (Lipinski definition) is 4. The van der Waals surface area contributed by atoms with Gasteiger partial charge in [-0.15, -0.1) is 0 Å². The highest BCUT2D eigenvalue weighted by atomic mass is 32.1. The van der Waals surface area contributed by atoms with E-state index < -0.39 is 37.1 Å². The number of nitrogens with one attached hydrogen (secondary N) is 1. The van der Waals surface area contributed by atoms with Crippen molar-refractivity contribution in [3.63, 3.8) is 0 Å². The molecule has 100 valence electrons. The van der Waals surface area contributed by atoms with Crippen LogP contribution in [0.1, 0.15) is 6.92 Å². The van der Waals surface area contributed by atoms with E-state index in [2.05, 4.69) is 5.32 Å². The van der Waals surface area contributed by atoms with Crippen molar-refractivity contribution < 1.29 is 19.3 Å². The van der Waals surface area contributed by atoms with Gasteiger partial charge in [-0.2, -0.15) is 0 Å². The average molecular weight is 266 g/mol. The number of halogens is 1. The summed E-state index contributed by atoms with van der Waals surface area (Å²) >= 11 is 5.05. The number of aliphatic hydroxyl groups excluding tert-OH is 2. The molecule has 5 unspecified atom stereocenters. The van der Waals surface area contributed by atoms with Crippen LogP contribution >= 0.6 is 12.2 Å². The molecule has 7 heteroatoms. The molecule has 0 spiro atoms. The first-order valence-corrected chi connectivity index (χ1v) is 5.84. The molecule has 1 rings (SSSR count). The lowest BCUT2D eigenvalue weighted by atomic mass is 9.94. The highest BCUT2D eigenvalue weighted by Gasteiger charge is 2.42. The smallest absolute Gasteiger partial charge is 0.168 e. The first kappa shape index (κ1) is 14.6. The summed E-state index contributed by atoms with van der Waals surface area (Å²) in [4.78, 5) is 1.67. The Kier molecular flexibility index (Phi) is 5.05. The van der Waals surface area contributed by atoms with Crippen LogP contribution in [0.15, 0.2) is 0 Å². The van der Waals surface area contributed by atoms with Crippen LogP contribution in [-0.4, -0.2) is 71.5 Å². The molecule has 0 aromatic rings. The fourth-order valence-corrected chi connectivity index (χ4v) is 1.89. The number of ether oxygens (including phenoxy) is 1. The monoisotopic (exact) mass is 266 g/mol. The lowest BCUT2D eigenvalue weighted by molar-refractivity contribution is -0.181. The van der Waals surface area contributed by atoms with Gasteiger partial charge in [0, 0.05) is 14.1 Å². The van der Waals surface area contributed by atoms with Crippen molar-refractivity contribution in [2.24, 2.45) is 0 Å². The zero-order valence-electron chi connectivity index (χ0n) is 10.1. The Morgan fingerprint density at radius 2 is 2.00 bits per heavy atom. The van der Waals surface area contributed by atoms with E-state index in [1.54, 1.807) is 25.9 Å². The largest absolute Gasteiger partial charge is 0.388 e. The third-order valence-electron chi connectivity index (χ3n) is 2.84. The summed E-state index contributed by atoms with van der Waals surface area (Å²) in [6, 6.07) is -0.553. The predicted molar refractivity (Wildman–Crippen MR) is 65.5 cm³/mol. The minimum atomic E-state index is -1.25. The van der Waals surface area contributed by atoms with Gasteiger partial charge in [0.2, 0.25) is 0 Å². The molecule has 0 amide bonds. The Labute approximate surface area is 106 Å².